The highest BCUT2D eigenvalue weighted by molar-refractivity contribution is 6.32. The van der Waals surface area contributed by atoms with Gasteiger partial charge in [0, 0.05) is 10.6 Å². The number of benzene rings is 1. The van der Waals surface area contributed by atoms with E-state index in [1.807, 2.05) is 19.9 Å². The number of aryl methyl sites for hydroxylation is 1. The highest BCUT2D eigenvalue weighted by Gasteiger charge is 2.40. The molecule has 0 amide bonds. The number of nitrogens with zero attached hydrogens (tertiary/aromatic N) is 1. The van der Waals surface area contributed by atoms with Gasteiger partial charge in [0.25, 0.3) is 0 Å². The molecule has 1 heterocycles. The number of nitriles is 1. The lowest BCUT2D eigenvalue weighted by atomic mass is 9.79. The van der Waals surface area contributed by atoms with Gasteiger partial charge in [0.05, 0.1) is 26.4 Å². The Morgan fingerprint density at radius 1 is 1.50 bits per heavy atom. The minimum Gasteiger partial charge on any atom is -0.496 e. The van der Waals surface area contributed by atoms with Crippen LogP contribution >= 0.6 is 11.6 Å². The van der Waals surface area contributed by atoms with Gasteiger partial charge in [-0.25, -0.2) is 0 Å². The second-order valence-corrected chi connectivity index (χ2v) is 5.25. The molecule has 0 radical (unpaired) electrons. The van der Waals surface area contributed by atoms with Crippen molar-refractivity contribution in [2.75, 3.05) is 20.3 Å². The Kier molecular flexibility index (Phi) is 3.52. The van der Waals surface area contributed by atoms with Crippen LogP contribution in [-0.2, 0) is 11.2 Å². The monoisotopic (exact) mass is 265 g/mol. The van der Waals surface area contributed by atoms with Crippen molar-refractivity contribution >= 4 is 11.6 Å². The molecule has 1 saturated heterocycles. The zero-order chi connectivity index (χ0) is 13.3. The van der Waals surface area contributed by atoms with E-state index in [2.05, 4.69) is 6.07 Å². The minimum atomic E-state index is -0.420. The van der Waals surface area contributed by atoms with Crippen molar-refractivity contribution < 1.29 is 9.47 Å². The van der Waals surface area contributed by atoms with E-state index in [0.717, 1.165) is 27.5 Å². The molecule has 0 spiro atoms. The number of methoxy groups -OCH3 is 1. The third-order valence-electron chi connectivity index (χ3n) is 3.50. The molecule has 1 aromatic carbocycles. The smallest absolute Gasteiger partial charge is 0.122 e. The molecule has 0 aliphatic carbocycles. The van der Waals surface area contributed by atoms with E-state index in [1.54, 1.807) is 7.11 Å². The summed E-state index contributed by atoms with van der Waals surface area (Å²) in [5, 5.41) is 10.0. The molecule has 96 valence electrons. The Morgan fingerprint density at radius 2 is 2.17 bits per heavy atom. The lowest BCUT2D eigenvalue weighted by Gasteiger charge is -2.36. The Balaban J connectivity index is 2.44. The topological polar surface area (TPSA) is 42.2 Å². The van der Waals surface area contributed by atoms with Crippen LogP contribution in [0.5, 0.6) is 5.75 Å². The van der Waals surface area contributed by atoms with Gasteiger partial charge in [-0.3, -0.25) is 0 Å². The van der Waals surface area contributed by atoms with Crippen molar-refractivity contribution in [2.24, 2.45) is 5.41 Å². The van der Waals surface area contributed by atoms with E-state index < -0.39 is 5.41 Å². The van der Waals surface area contributed by atoms with E-state index in [1.165, 1.54) is 0 Å². The van der Waals surface area contributed by atoms with E-state index >= 15 is 0 Å². The molecular weight excluding hydrogens is 250 g/mol. The molecule has 2 rings (SSSR count). The van der Waals surface area contributed by atoms with Crippen LogP contribution in [0.15, 0.2) is 6.07 Å². The van der Waals surface area contributed by atoms with Crippen LogP contribution in [-0.4, -0.2) is 20.3 Å². The fourth-order valence-electron chi connectivity index (χ4n) is 2.25. The quantitative estimate of drug-likeness (QED) is 0.844. The average Bonchev–Trinajstić information content (AvgIpc) is 2.33. The maximum absolute atomic E-state index is 9.27. The van der Waals surface area contributed by atoms with E-state index in [4.69, 9.17) is 21.1 Å². The zero-order valence-electron chi connectivity index (χ0n) is 10.8. The number of rotatable bonds is 3. The summed E-state index contributed by atoms with van der Waals surface area (Å²) >= 11 is 6.28. The van der Waals surface area contributed by atoms with Crippen molar-refractivity contribution in [1.29, 1.82) is 5.26 Å². The first-order valence-electron chi connectivity index (χ1n) is 5.84. The standard InChI is InChI=1S/C14H16ClNO2/c1-9-4-12(17-3)11(10(2)13(9)15)5-14(6-16)7-18-8-14/h4H,5,7-8H2,1-3H3. The van der Waals surface area contributed by atoms with Crippen LogP contribution in [0.1, 0.15) is 16.7 Å². The second kappa shape index (κ2) is 4.79. The van der Waals surface area contributed by atoms with Crippen LogP contribution in [0, 0.1) is 30.6 Å². The first-order chi connectivity index (χ1) is 8.53. The molecule has 1 aliphatic heterocycles. The van der Waals surface area contributed by atoms with Gasteiger partial charge < -0.3 is 9.47 Å². The van der Waals surface area contributed by atoms with Gasteiger partial charge in [0.1, 0.15) is 11.2 Å². The maximum Gasteiger partial charge on any atom is 0.122 e. The van der Waals surface area contributed by atoms with Gasteiger partial charge in [-0.2, -0.15) is 5.26 Å². The number of hydrogen-bond donors (Lipinski definition) is 0. The van der Waals surface area contributed by atoms with E-state index in [0.29, 0.717) is 19.6 Å². The van der Waals surface area contributed by atoms with E-state index in [-0.39, 0.29) is 0 Å². The van der Waals surface area contributed by atoms with Crippen molar-refractivity contribution in [3.63, 3.8) is 0 Å². The van der Waals surface area contributed by atoms with Crippen LogP contribution in [0.3, 0.4) is 0 Å². The van der Waals surface area contributed by atoms with Crippen molar-refractivity contribution in [3.05, 3.63) is 27.8 Å². The highest BCUT2D eigenvalue weighted by atomic mass is 35.5. The molecule has 4 heteroatoms. The third-order valence-corrected chi connectivity index (χ3v) is 4.08. The van der Waals surface area contributed by atoms with Crippen molar-refractivity contribution in [3.8, 4) is 11.8 Å². The van der Waals surface area contributed by atoms with Gasteiger partial charge in [0.2, 0.25) is 0 Å². The average molecular weight is 266 g/mol. The molecule has 1 aliphatic rings. The van der Waals surface area contributed by atoms with Gasteiger partial charge >= 0.3 is 0 Å². The molecule has 18 heavy (non-hydrogen) atoms. The second-order valence-electron chi connectivity index (χ2n) is 4.87. The molecule has 0 atom stereocenters. The molecule has 0 bridgehead atoms. The molecule has 0 aromatic heterocycles. The minimum absolute atomic E-state index is 0.420. The van der Waals surface area contributed by atoms with Crippen LogP contribution in [0.2, 0.25) is 5.02 Å². The largest absolute Gasteiger partial charge is 0.496 e. The normalized spacial score (nSPS) is 16.8. The molecular formula is C14H16ClNO2. The molecule has 0 N–H and O–H groups in total. The van der Waals surface area contributed by atoms with Gasteiger partial charge in [-0.15, -0.1) is 0 Å². The summed E-state index contributed by atoms with van der Waals surface area (Å²) in [5.41, 5.74) is 2.58. The van der Waals surface area contributed by atoms with Crippen LogP contribution in [0.4, 0.5) is 0 Å². The summed E-state index contributed by atoms with van der Waals surface area (Å²) in [6, 6.07) is 4.28. The van der Waals surface area contributed by atoms with Crippen LogP contribution < -0.4 is 4.74 Å². The van der Waals surface area contributed by atoms with Crippen molar-refractivity contribution in [1.82, 2.24) is 0 Å². The third kappa shape index (κ3) is 2.07. The summed E-state index contributed by atoms with van der Waals surface area (Å²) in [6.07, 6.45) is 0.624. The summed E-state index contributed by atoms with van der Waals surface area (Å²) < 4.78 is 10.6. The summed E-state index contributed by atoms with van der Waals surface area (Å²) in [4.78, 5) is 0. The number of ether oxygens (including phenoxy) is 2. The Hall–Kier alpha value is -1.24. The first-order valence-corrected chi connectivity index (χ1v) is 6.22. The SMILES string of the molecule is COc1cc(C)c(Cl)c(C)c1CC1(C#N)COC1. The Morgan fingerprint density at radius 3 is 2.61 bits per heavy atom. The summed E-state index contributed by atoms with van der Waals surface area (Å²) in [6.45, 7) is 4.89. The molecule has 0 unspecified atom stereocenters. The lowest BCUT2D eigenvalue weighted by molar-refractivity contribution is -0.0767. The predicted octanol–water partition coefficient (Wildman–Crippen LogP) is 3.05. The highest BCUT2D eigenvalue weighted by Crippen LogP contribution is 2.38. The molecule has 3 nitrogen and oxygen atoms in total. The lowest BCUT2D eigenvalue weighted by Crippen LogP contribution is -2.43. The number of hydrogen-bond acceptors (Lipinski definition) is 3. The van der Waals surface area contributed by atoms with Crippen molar-refractivity contribution in [2.45, 2.75) is 20.3 Å². The molecule has 0 saturated carbocycles. The van der Waals surface area contributed by atoms with Gasteiger partial charge in [-0.05, 0) is 37.5 Å². The molecule has 1 fully saturated rings. The van der Waals surface area contributed by atoms with Crippen LogP contribution in [0.25, 0.3) is 0 Å². The fourth-order valence-corrected chi connectivity index (χ4v) is 2.42. The maximum atomic E-state index is 9.27. The molecule has 1 aromatic rings. The number of halogens is 1. The Bertz CT molecular complexity index is 516. The zero-order valence-corrected chi connectivity index (χ0v) is 11.6. The fraction of sp³-hybridized carbons (Fsp3) is 0.500. The summed E-state index contributed by atoms with van der Waals surface area (Å²) in [7, 11) is 1.64. The first kappa shape index (κ1) is 13.2. The Labute approximate surface area is 112 Å². The summed E-state index contributed by atoms with van der Waals surface area (Å²) in [5.74, 6) is 0.802. The van der Waals surface area contributed by atoms with Gasteiger partial charge in [-0.1, -0.05) is 11.6 Å². The van der Waals surface area contributed by atoms with E-state index in [9.17, 15) is 5.26 Å². The predicted molar refractivity (Wildman–Crippen MR) is 70.0 cm³/mol. The van der Waals surface area contributed by atoms with Gasteiger partial charge in [0.15, 0.2) is 0 Å².